The second kappa shape index (κ2) is 5.58. The molecule has 1 heterocycles. The summed E-state index contributed by atoms with van der Waals surface area (Å²) in [7, 11) is 0. The molecule has 0 amide bonds. The largest absolute Gasteiger partial charge is 0.327 e. The highest BCUT2D eigenvalue weighted by molar-refractivity contribution is 5.19. The van der Waals surface area contributed by atoms with Crippen molar-refractivity contribution in [3.63, 3.8) is 0 Å². The minimum absolute atomic E-state index is 0.193. The van der Waals surface area contributed by atoms with Gasteiger partial charge in [0.15, 0.2) is 0 Å². The maximum Gasteiger partial charge on any atom is 0.130 e. The molecule has 0 bridgehead atoms. The number of nitrogens with two attached hydrogens (primary N) is 1. The molecule has 17 heavy (non-hydrogen) atoms. The van der Waals surface area contributed by atoms with Crippen LogP contribution in [0.2, 0.25) is 0 Å². The smallest absolute Gasteiger partial charge is 0.130 e. The molecule has 1 aromatic heterocycles. The lowest BCUT2D eigenvalue weighted by Gasteiger charge is -2.10. The van der Waals surface area contributed by atoms with E-state index in [1.165, 1.54) is 24.2 Å². The van der Waals surface area contributed by atoms with E-state index >= 15 is 0 Å². The highest BCUT2D eigenvalue weighted by Crippen LogP contribution is 2.39. The van der Waals surface area contributed by atoms with Crippen molar-refractivity contribution < 1.29 is 0 Å². The van der Waals surface area contributed by atoms with Crippen molar-refractivity contribution in [2.24, 2.45) is 5.73 Å². The lowest BCUT2D eigenvalue weighted by atomic mass is 10.1. The van der Waals surface area contributed by atoms with Gasteiger partial charge in [-0.25, -0.2) is 9.97 Å². The third kappa shape index (κ3) is 3.50. The van der Waals surface area contributed by atoms with E-state index in [4.69, 9.17) is 5.73 Å². The zero-order valence-electron chi connectivity index (χ0n) is 10.9. The van der Waals surface area contributed by atoms with Crippen molar-refractivity contribution in [1.29, 1.82) is 0 Å². The van der Waals surface area contributed by atoms with E-state index < -0.39 is 0 Å². The highest BCUT2D eigenvalue weighted by Gasteiger charge is 2.26. The number of hydrogen-bond donors (Lipinski definition) is 1. The molecule has 0 saturated heterocycles. The van der Waals surface area contributed by atoms with Gasteiger partial charge in [0, 0.05) is 29.8 Å². The lowest BCUT2D eigenvalue weighted by molar-refractivity contribution is 0.617. The first-order valence-electron chi connectivity index (χ1n) is 6.85. The highest BCUT2D eigenvalue weighted by atomic mass is 14.9. The van der Waals surface area contributed by atoms with Crippen LogP contribution >= 0.6 is 0 Å². The Bertz CT molecular complexity index is 372. The predicted octanol–water partition coefficient (Wildman–Crippen LogP) is 2.59. The van der Waals surface area contributed by atoms with Crippen LogP contribution in [0.4, 0.5) is 0 Å². The first kappa shape index (κ1) is 12.5. The maximum atomic E-state index is 5.99. The molecule has 1 atom stereocenters. The SMILES string of the molecule is CCCc1cc(C2CC2)nc(CC(N)CC)n1. The first-order chi connectivity index (χ1) is 8.22. The lowest BCUT2D eigenvalue weighted by Crippen LogP contribution is -2.23. The summed E-state index contributed by atoms with van der Waals surface area (Å²) in [5.74, 6) is 1.65. The predicted molar refractivity (Wildman–Crippen MR) is 70.0 cm³/mol. The zero-order chi connectivity index (χ0) is 12.3. The Morgan fingerprint density at radius 1 is 1.35 bits per heavy atom. The fourth-order valence-corrected chi connectivity index (χ4v) is 2.02. The molecule has 94 valence electrons. The van der Waals surface area contributed by atoms with Crippen molar-refractivity contribution in [1.82, 2.24) is 9.97 Å². The summed E-state index contributed by atoms with van der Waals surface area (Å²) in [6.45, 7) is 4.30. The van der Waals surface area contributed by atoms with Gasteiger partial charge in [0.25, 0.3) is 0 Å². The van der Waals surface area contributed by atoms with E-state index in [1.807, 2.05) is 0 Å². The van der Waals surface area contributed by atoms with E-state index in [1.54, 1.807) is 0 Å². The molecule has 1 saturated carbocycles. The van der Waals surface area contributed by atoms with Gasteiger partial charge in [0.05, 0.1) is 0 Å². The molecule has 0 radical (unpaired) electrons. The van der Waals surface area contributed by atoms with Gasteiger partial charge in [0.1, 0.15) is 5.82 Å². The van der Waals surface area contributed by atoms with Crippen LogP contribution in [0.3, 0.4) is 0 Å². The summed E-state index contributed by atoms with van der Waals surface area (Å²) in [4.78, 5) is 9.30. The van der Waals surface area contributed by atoms with Gasteiger partial charge in [-0.1, -0.05) is 20.3 Å². The Morgan fingerprint density at radius 3 is 2.71 bits per heavy atom. The molecule has 1 fully saturated rings. The van der Waals surface area contributed by atoms with Gasteiger partial charge in [-0.15, -0.1) is 0 Å². The van der Waals surface area contributed by atoms with Crippen LogP contribution in [0.15, 0.2) is 6.07 Å². The Morgan fingerprint density at radius 2 is 2.12 bits per heavy atom. The fraction of sp³-hybridized carbons (Fsp3) is 0.714. The molecule has 3 nitrogen and oxygen atoms in total. The second-order valence-corrected chi connectivity index (χ2v) is 5.10. The first-order valence-corrected chi connectivity index (χ1v) is 6.85. The van der Waals surface area contributed by atoms with E-state index in [9.17, 15) is 0 Å². The summed E-state index contributed by atoms with van der Waals surface area (Å²) in [6.07, 6.45) is 6.58. The molecule has 1 unspecified atom stereocenters. The van der Waals surface area contributed by atoms with Crippen LogP contribution < -0.4 is 5.73 Å². The summed E-state index contributed by atoms with van der Waals surface area (Å²) in [6, 6.07) is 2.39. The molecule has 3 heteroatoms. The van der Waals surface area contributed by atoms with Gasteiger partial charge >= 0.3 is 0 Å². The number of aryl methyl sites for hydroxylation is 1. The van der Waals surface area contributed by atoms with Crippen molar-refractivity contribution in [3.05, 3.63) is 23.3 Å². The van der Waals surface area contributed by atoms with Crippen molar-refractivity contribution in [2.45, 2.75) is 64.3 Å². The molecule has 0 aliphatic heterocycles. The Labute approximate surface area is 104 Å². The van der Waals surface area contributed by atoms with Crippen LogP contribution in [-0.4, -0.2) is 16.0 Å². The Hall–Kier alpha value is -0.960. The second-order valence-electron chi connectivity index (χ2n) is 5.10. The number of rotatable bonds is 6. The van der Waals surface area contributed by atoms with Gasteiger partial charge in [-0.05, 0) is 31.7 Å². The monoisotopic (exact) mass is 233 g/mol. The Balaban J connectivity index is 2.17. The molecular formula is C14H23N3. The minimum Gasteiger partial charge on any atom is -0.327 e. The normalized spacial score (nSPS) is 17.1. The summed E-state index contributed by atoms with van der Waals surface area (Å²) in [5, 5.41) is 0. The van der Waals surface area contributed by atoms with E-state index in [2.05, 4.69) is 29.9 Å². The third-order valence-corrected chi connectivity index (χ3v) is 3.32. The maximum absolute atomic E-state index is 5.99. The van der Waals surface area contributed by atoms with Crippen LogP contribution in [-0.2, 0) is 12.8 Å². The topological polar surface area (TPSA) is 51.8 Å². The molecule has 1 aliphatic carbocycles. The molecule has 2 N–H and O–H groups in total. The minimum atomic E-state index is 0.193. The third-order valence-electron chi connectivity index (χ3n) is 3.32. The van der Waals surface area contributed by atoms with Crippen LogP contribution in [0.1, 0.15) is 62.7 Å². The zero-order valence-corrected chi connectivity index (χ0v) is 10.9. The quantitative estimate of drug-likeness (QED) is 0.821. The summed E-state index contributed by atoms with van der Waals surface area (Å²) >= 11 is 0. The van der Waals surface area contributed by atoms with Gasteiger partial charge in [-0.2, -0.15) is 0 Å². The van der Waals surface area contributed by atoms with Crippen molar-refractivity contribution >= 4 is 0 Å². The molecule has 1 aromatic rings. The summed E-state index contributed by atoms with van der Waals surface area (Å²) < 4.78 is 0. The number of aromatic nitrogens is 2. The van der Waals surface area contributed by atoms with Crippen LogP contribution in [0.5, 0.6) is 0 Å². The van der Waals surface area contributed by atoms with Gasteiger partial charge in [-0.3, -0.25) is 0 Å². The molecule has 1 aliphatic rings. The number of hydrogen-bond acceptors (Lipinski definition) is 3. The van der Waals surface area contributed by atoms with Crippen LogP contribution in [0, 0.1) is 0 Å². The van der Waals surface area contributed by atoms with E-state index in [0.717, 1.165) is 31.5 Å². The summed E-state index contributed by atoms with van der Waals surface area (Å²) in [5.41, 5.74) is 8.44. The average molecular weight is 233 g/mol. The van der Waals surface area contributed by atoms with Crippen LogP contribution in [0.25, 0.3) is 0 Å². The standard InChI is InChI=1S/C14H23N3/c1-3-5-12-9-13(10-6-7-10)17-14(16-12)8-11(15)4-2/h9-11H,3-8,15H2,1-2H3. The Kier molecular flexibility index (Phi) is 4.11. The number of nitrogens with zero attached hydrogens (tertiary/aromatic N) is 2. The molecule has 2 rings (SSSR count). The van der Waals surface area contributed by atoms with Gasteiger partial charge < -0.3 is 5.73 Å². The van der Waals surface area contributed by atoms with Crippen molar-refractivity contribution in [3.8, 4) is 0 Å². The fourth-order valence-electron chi connectivity index (χ4n) is 2.02. The molecule has 0 aromatic carbocycles. The average Bonchev–Trinajstić information content (AvgIpc) is 3.12. The molecular weight excluding hydrogens is 210 g/mol. The van der Waals surface area contributed by atoms with Crippen molar-refractivity contribution in [2.75, 3.05) is 0 Å². The van der Waals surface area contributed by atoms with Gasteiger partial charge in [0.2, 0.25) is 0 Å². The van der Waals surface area contributed by atoms with E-state index in [0.29, 0.717) is 5.92 Å². The van der Waals surface area contributed by atoms with E-state index in [-0.39, 0.29) is 6.04 Å². The molecule has 0 spiro atoms.